The number of amides is 2. The molecule has 3 rings (SSSR count). The van der Waals surface area contributed by atoms with Crippen LogP contribution in [0.15, 0.2) is 46.9 Å². The molecule has 1 saturated heterocycles. The van der Waals surface area contributed by atoms with Crippen molar-refractivity contribution >= 4 is 45.0 Å². The molecular weight excluding hydrogens is 439 g/mol. The minimum absolute atomic E-state index is 0.0886. The van der Waals surface area contributed by atoms with Gasteiger partial charge in [0.1, 0.15) is 5.82 Å². The molecule has 2 aromatic carbocycles. The highest BCUT2D eigenvalue weighted by Crippen LogP contribution is 2.33. The lowest BCUT2D eigenvalue weighted by atomic mass is 10.0. The van der Waals surface area contributed by atoms with Crippen LogP contribution in [0.3, 0.4) is 0 Å². The Morgan fingerprint density at radius 3 is 2.81 bits per heavy atom. The van der Waals surface area contributed by atoms with Crippen molar-refractivity contribution in [3.05, 3.63) is 63.3 Å². The second kappa shape index (κ2) is 7.96. The average Bonchev–Trinajstić information content (AvgIpc) is 2.99. The number of methoxy groups -OCH3 is 1. The zero-order chi connectivity index (χ0) is 19.6. The lowest BCUT2D eigenvalue weighted by Gasteiger charge is -2.25. The highest BCUT2D eigenvalue weighted by Gasteiger charge is 2.53. The molecule has 1 heterocycles. The Labute approximate surface area is 169 Å². The van der Waals surface area contributed by atoms with Crippen molar-refractivity contribution < 1.29 is 18.7 Å². The van der Waals surface area contributed by atoms with E-state index in [1.165, 1.54) is 30.2 Å². The summed E-state index contributed by atoms with van der Waals surface area (Å²) in [5.41, 5.74) is -0.311. The third-order valence-electron chi connectivity index (χ3n) is 4.55. The summed E-state index contributed by atoms with van der Waals surface area (Å²) in [6.07, 6.45) is 0.182. The van der Waals surface area contributed by atoms with Crippen LogP contribution < -0.4 is 10.2 Å². The molecule has 8 heteroatoms. The van der Waals surface area contributed by atoms with E-state index in [-0.39, 0.29) is 24.5 Å². The minimum Gasteiger partial charge on any atom is -0.359 e. The van der Waals surface area contributed by atoms with Gasteiger partial charge in [0.25, 0.3) is 11.8 Å². The van der Waals surface area contributed by atoms with Crippen LogP contribution in [0.25, 0.3) is 0 Å². The lowest BCUT2D eigenvalue weighted by Crippen LogP contribution is -2.53. The Balaban J connectivity index is 1.77. The van der Waals surface area contributed by atoms with Gasteiger partial charge in [-0.15, -0.1) is 0 Å². The molecule has 0 aromatic heterocycles. The number of anilines is 1. The first kappa shape index (κ1) is 19.8. The summed E-state index contributed by atoms with van der Waals surface area (Å²) in [6.45, 7) is 0.526. The van der Waals surface area contributed by atoms with Crippen molar-refractivity contribution in [1.29, 1.82) is 0 Å². The van der Waals surface area contributed by atoms with E-state index in [1.807, 2.05) is 24.3 Å². The third kappa shape index (κ3) is 3.85. The number of hydrogen-bond acceptors (Lipinski definition) is 3. The number of nitrogens with zero attached hydrogens (tertiary/aromatic N) is 1. The Morgan fingerprint density at radius 2 is 2.15 bits per heavy atom. The maximum atomic E-state index is 13.4. The number of rotatable bonds is 5. The van der Waals surface area contributed by atoms with Crippen molar-refractivity contribution in [1.82, 2.24) is 5.32 Å². The topological polar surface area (TPSA) is 58.6 Å². The van der Waals surface area contributed by atoms with Crippen molar-refractivity contribution in [2.45, 2.75) is 18.6 Å². The average molecular weight is 456 g/mol. The van der Waals surface area contributed by atoms with Crippen LogP contribution >= 0.6 is 27.5 Å². The van der Waals surface area contributed by atoms with Gasteiger partial charge in [0.15, 0.2) is 0 Å². The van der Waals surface area contributed by atoms with Crippen LogP contribution in [0, 0.1) is 5.82 Å². The van der Waals surface area contributed by atoms with Gasteiger partial charge < -0.3 is 15.0 Å². The molecule has 0 aliphatic carbocycles. The van der Waals surface area contributed by atoms with Crippen LogP contribution in [0.2, 0.25) is 5.02 Å². The van der Waals surface area contributed by atoms with E-state index in [2.05, 4.69) is 21.2 Å². The van der Waals surface area contributed by atoms with Crippen LogP contribution in [0.1, 0.15) is 12.0 Å². The van der Waals surface area contributed by atoms with Gasteiger partial charge in [-0.25, -0.2) is 4.39 Å². The summed E-state index contributed by atoms with van der Waals surface area (Å²) in [5, 5.41) is 2.68. The second-order valence-electron chi connectivity index (χ2n) is 6.15. The monoisotopic (exact) mass is 454 g/mol. The maximum Gasteiger partial charge on any atom is 0.269 e. The number of ether oxygens (including phenoxy) is 1. The largest absolute Gasteiger partial charge is 0.359 e. The second-order valence-corrected chi connectivity index (χ2v) is 7.47. The van der Waals surface area contributed by atoms with E-state index in [0.717, 1.165) is 10.0 Å². The zero-order valence-electron chi connectivity index (χ0n) is 14.5. The van der Waals surface area contributed by atoms with Crippen molar-refractivity contribution in [2.24, 2.45) is 0 Å². The summed E-state index contributed by atoms with van der Waals surface area (Å²) in [6, 6.07) is 11.5. The normalized spacial score (nSPS) is 19.4. The van der Waals surface area contributed by atoms with Gasteiger partial charge in [0, 0.05) is 36.8 Å². The summed E-state index contributed by atoms with van der Waals surface area (Å²) < 4.78 is 19.7. The first-order chi connectivity index (χ1) is 12.9. The number of halogens is 3. The Kier molecular flexibility index (Phi) is 5.83. The smallest absolute Gasteiger partial charge is 0.269 e. The fourth-order valence-electron chi connectivity index (χ4n) is 3.06. The zero-order valence-corrected chi connectivity index (χ0v) is 16.8. The Morgan fingerprint density at radius 1 is 1.37 bits per heavy atom. The van der Waals surface area contributed by atoms with E-state index in [0.29, 0.717) is 5.69 Å². The molecule has 142 valence electrons. The molecule has 1 N–H and O–H groups in total. The van der Waals surface area contributed by atoms with Crippen molar-refractivity contribution in [3.63, 3.8) is 0 Å². The molecule has 1 fully saturated rings. The Hall–Kier alpha value is -1.96. The molecule has 1 atom stereocenters. The predicted octanol–water partition coefficient (Wildman–Crippen LogP) is 3.68. The van der Waals surface area contributed by atoms with Crippen LogP contribution in [0.5, 0.6) is 0 Å². The van der Waals surface area contributed by atoms with Crippen molar-refractivity contribution in [3.8, 4) is 0 Å². The molecule has 0 radical (unpaired) electrons. The van der Waals surface area contributed by atoms with Crippen LogP contribution in [-0.2, 0) is 20.9 Å². The van der Waals surface area contributed by atoms with Crippen LogP contribution in [0.4, 0.5) is 10.1 Å². The fourth-order valence-corrected chi connectivity index (χ4v) is 3.68. The molecule has 2 amide bonds. The van der Waals surface area contributed by atoms with Gasteiger partial charge in [-0.05, 0) is 35.9 Å². The minimum atomic E-state index is -1.62. The molecule has 1 aliphatic rings. The third-order valence-corrected chi connectivity index (χ3v) is 5.33. The van der Waals surface area contributed by atoms with Gasteiger partial charge in [0.05, 0.1) is 5.02 Å². The molecule has 0 spiro atoms. The molecule has 1 aliphatic heterocycles. The highest BCUT2D eigenvalue weighted by molar-refractivity contribution is 9.10. The van der Waals surface area contributed by atoms with E-state index < -0.39 is 23.2 Å². The number of nitrogens with one attached hydrogen (secondary N) is 1. The van der Waals surface area contributed by atoms with Gasteiger partial charge in [-0.2, -0.15) is 0 Å². The predicted molar refractivity (Wildman–Crippen MR) is 104 cm³/mol. The molecule has 5 nitrogen and oxygen atoms in total. The summed E-state index contributed by atoms with van der Waals surface area (Å²) in [7, 11) is 1.33. The molecular formula is C19H17BrClFN2O3. The number of hydrogen-bond donors (Lipinski definition) is 1. The van der Waals surface area contributed by atoms with Gasteiger partial charge in [-0.3, -0.25) is 9.59 Å². The van der Waals surface area contributed by atoms with E-state index in [4.69, 9.17) is 16.3 Å². The first-order valence-corrected chi connectivity index (χ1v) is 9.39. The molecule has 0 bridgehead atoms. The van der Waals surface area contributed by atoms with E-state index in [1.54, 1.807) is 0 Å². The summed E-state index contributed by atoms with van der Waals surface area (Å²) in [5.74, 6) is -1.58. The maximum absolute atomic E-state index is 13.4. The summed E-state index contributed by atoms with van der Waals surface area (Å²) >= 11 is 9.19. The highest BCUT2D eigenvalue weighted by atomic mass is 79.9. The molecule has 27 heavy (non-hydrogen) atoms. The van der Waals surface area contributed by atoms with E-state index >= 15 is 0 Å². The van der Waals surface area contributed by atoms with Crippen molar-refractivity contribution in [2.75, 3.05) is 18.6 Å². The molecule has 0 saturated carbocycles. The molecule has 0 unspecified atom stereocenters. The van der Waals surface area contributed by atoms with Gasteiger partial charge in [-0.1, -0.05) is 39.7 Å². The fraction of sp³-hybridized carbons (Fsp3) is 0.263. The quantitative estimate of drug-likeness (QED) is 0.700. The number of benzene rings is 2. The SMILES string of the molecule is CO[C@@]1(C(=O)NCc2cccc(Br)c2)CCN(c2ccc(F)c(Cl)c2)C1=O. The molecule has 2 aromatic rings. The van der Waals surface area contributed by atoms with Gasteiger partial charge in [0.2, 0.25) is 5.60 Å². The number of carbonyl (C=O) groups is 2. The van der Waals surface area contributed by atoms with Crippen LogP contribution in [-0.4, -0.2) is 31.1 Å². The number of carbonyl (C=O) groups excluding carboxylic acids is 2. The Bertz CT molecular complexity index is 895. The van der Waals surface area contributed by atoms with Gasteiger partial charge >= 0.3 is 0 Å². The standard InChI is InChI=1S/C19H17BrClFN2O3/c1-27-19(17(25)23-11-12-3-2-4-13(20)9-12)7-8-24(18(19)26)14-5-6-16(22)15(21)10-14/h2-6,9-10H,7-8,11H2,1H3,(H,23,25)/t19-/m1/s1. The lowest BCUT2D eigenvalue weighted by molar-refractivity contribution is -0.153. The van der Waals surface area contributed by atoms with E-state index in [9.17, 15) is 14.0 Å². The summed E-state index contributed by atoms with van der Waals surface area (Å²) in [4.78, 5) is 27.1. The first-order valence-electron chi connectivity index (χ1n) is 8.22.